The van der Waals surface area contributed by atoms with Crippen LogP contribution < -0.4 is 10.2 Å². The van der Waals surface area contributed by atoms with E-state index in [0.717, 1.165) is 56.3 Å². The van der Waals surface area contributed by atoms with Gasteiger partial charge in [0.25, 0.3) is 0 Å². The lowest BCUT2D eigenvalue weighted by Gasteiger charge is -2.35. The second-order valence-corrected chi connectivity index (χ2v) is 8.01. The van der Waals surface area contributed by atoms with E-state index in [1.54, 1.807) is 0 Å². The van der Waals surface area contributed by atoms with Crippen LogP contribution in [0.1, 0.15) is 57.4 Å². The van der Waals surface area contributed by atoms with Gasteiger partial charge in [-0.1, -0.05) is 39.0 Å². The van der Waals surface area contributed by atoms with Gasteiger partial charge in [-0.3, -0.25) is 4.79 Å². The molecule has 1 aliphatic carbocycles. The molecule has 0 atom stereocenters. The lowest BCUT2D eigenvalue weighted by Crippen LogP contribution is -2.46. The summed E-state index contributed by atoms with van der Waals surface area (Å²) in [6.45, 7) is 9.90. The van der Waals surface area contributed by atoms with E-state index >= 15 is 0 Å². The number of aryl methyl sites for hydroxylation is 1. The molecule has 1 saturated carbocycles. The number of carbonyl (C=O) groups excluding carboxylic acids is 1. The molecule has 0 unspecified atom stereocenters. The highest BCUT2D eigenvalue weighted by atomic mass is 16.1. The molecule has 1 aromatic rings. The van der Waals surface area contributed by atoms with Crippen LogP contribution in [0.5, 0.6) is 0 Å². The maximum Gasteiger partial charge on any atom is 0.224 e. The summed E-state index contributed by atoms with van der Waals surface area (Å²) in [6.07, 6.45) is 8.40. The Morgan fingerprint density at radius 1 is 1.12 bits per heavy atom. The van der Waals surface area contributed by atoms with Crippen molar-refractivity contribution in [3.8, 4) is 0 Å². The summed E-state index contributed by atoms with van der Waals surface area (Å²) in [7, 11) is 0. The van der Waals surface area contributed by atoms with Crippen LogP contribution in [0.3, 0.4) is 0 Å². The summed E-state index contributed by atoms with van der Waals surface area (Å²) >= 11 is 0. The van der Waals surface area contributed by atoms with Crippen LogP contribution in [0.4, 0.5) is 11.4 Å². The fraction of sp³-hybridized carbons (Fsp3) is 0.682. The quantitative estimate of drug-likeness (QED) is 0.818. The maximum atomic E-state index is 12.3. The molecular formula is C22H35N3O. The van der Waals surface area contributed by atoms with Crippen molar-refractivity contribution in [3.05, 3.63) is 23.8 Å². The van der Waals surface area contributed by atoms with E-state index < -0.39 is 0 Å². The molecule has 2 fully saturated rings. The van der Waals surface area contributed by atoms with E-state index in [4.69, 9.17) is 0 Å². The molecule has 2 aliphatic rings. The lowest BCUT2D eigenvalue weighted by molar-refractivity contribution is -0.116. The first-order valence-electron chi connectivity index (χ1n) is 10.5. The summed E-state index contributed by atoms with van der Waals surface area (Å²) in [5.41, 5.74) is 3.40. The molecule has 0 spiro atoms. The number of nitrogens with zero attached hydrogens (tertiary/aromatic N) is 2. The van der Waals surface area contributed by atoms with E-state index in [1.165, 1.54) is 37.8 Å². The van der Waals surface area contributed by atoms with Crippen LogP contribution in [-0.4, -0.2) is 43.5 Å². The molecule has 3 rings (SSSR count). The molecule has 1 saturated heterocycles. The Morgan fingerprint density at radius 3 is 2.50 bits per heavy atom. The Balaban J connectivity index is 1.50. The Bertz CT molecular complexity index is 587. The summed E-state index contributed by atoms with van der Waals surface area (Å²) in [5.74, 6) is 0.933. The number of rotatable bonds is 6. The third-order valence-electron chi connectivity index (χ3n) is 6.17. The molecule has 4 heteroatoms. The van der Waals surface area contributed by atoms with Crippen LogP contribution in [0.15, 0.2) is 18.2 Å². The van der Waals surface area contributed by atoms with Gasteiger partial charge in [-0.2, -0.15) is 0 Å². The SMILES string of the molecule is CCN1CCN(c2ccc(NC(=O)CCC3CCCCC3)c(C)c2)CC1. The number of carbonyl (C=O) groups is 1. The maximum absolute atomic E-state index is 12.3. The number of piperazine rings is 1. The van der Waals surface area contributed by atoms with E-state index in [2.05, 4.69) is 47.2 Å². The standard InChI is InChI=1S/C22H35N3O/c1-3-24-13-15-25(16-14-24)20-10-11-21(18(2)17-20)23-22(26)12-9-19-7-5-4-6-8-19/h10-11,17,19H,3-9,12-16H2,1-2H3,(H,23,26). The third-order valence-corrected chi connectivity index (χ3v) is 6.17. The molecule has 1 heterocycles. The van der Waals surface area contributed by atoms with Crippen LogP contribution in [0.25, 0.3) is 0 Å². The Hall–Kier alpha value is -1.55. The van der Waals surface area contributed by atoms with E-state index in [1.807, 2.05) is 0 Å². The average molecular weight is 358 g/mol. The highest BCUT2D eigenvalue weighted by Gasteiger charge is 2.17. The van der Waals surface area contributed by atoms with Gasteiger partial charge in [0.1, 0.15) is 0 Å². The molecule has 1 aromatic carbocycles. The highest BCUT2D eigenvalue weighted by molar-refractivity contribution is 5.91. The Labute approximate surface area is 158 Å². The zero-order valence-electron chi connectivity index (χ0n) is 16.6. The van der Waals surface area contributed by atoms with Crippen LogP contribution >= 0.6 is 0 Å². The predicted octanol–water partition coefficient (Wildman–Crippen LogP) is 4.44. The van der Waals surface area contributed by atoms with E-state index in [-0.39, 0.29) is 5.91 Å². The fourth-order valence-electron chi connectivity index (χ4n) is 4.33. The Kier molecular flexibility index (Phi) is 6.95. The van der Waals surface area contributed by atoms with E-state index in [0.29, 0.717) is 6.42 Å². The van der Waals surface area contributed by atoms with Gasteiger partial charge in [0.05, 0.1) is 0 Å². The largest absolute Gasteiger partial charge is 0.369 e. The van der Waals surface area contributed by atoms with Gasteiger partial charge in [0.15, 0.2) is 0 Å². The lowest BCUT2D eigenvalue weighted by atomic mass is 9.86. The van der Waals surface area contributed by atoms with Gasteiger partial charge in [-0.05, 0) is 49.6 Å². The molecule has 0 radical (unpaired) electrons. The van der Waals surface area contributed by atoms with E-state index in [9.17, 15) is 4.79 Å². The molecule has 1 amide bonds. The minimum Gasteiger partial charge on any atom is -0.369 e. The fourth-order valence-corrected chi connectivity index (χ4v) is 4.33. The predicted molar refractivity (Wildman–Crippen MR) is 110 cm³/mol. The molecule has 0 bridgehead atoms. The summed E-state index contributed by atoms with van der Waals surface area (Å²) in [6, 6.07) is 6.46. The first kappa shape index (κ1) is 19.2. The first-order chi connectivity index (χ1) is 12.7. The van der Waals surface area contributed by atoms with Gasteiger partial charge in [0, 0.05) is 44.0 Å². The van der Waals surface area contributed by atoms with Crippen molar-refractivity contribution in [1.82, 2.24) is 4.90 Å². The summed E-state index contributed by atoms with van der Waals surface area (Å²) in [4.78, 5) is 17.3. The average Bonchev–Trinajstić information content (AvgIpc) is 2.69. The minimum absolute atomic E-state index is 0.169. The molecule has 26 heavy (non-hydrogen) atoms. The van der Waals surface area contributed by atoms with Crippen molar-refractivity contribution in [2.45, 2.75) is 58.8 Å². The number of hydrogen-bond acceptors (Lipinski definition) is 3. The third kappa shape index (κ3) is 5.23. The zero-order chi connectivity index (χ0) is 18.4. The highest BCUT2D eigenvalue weighted by Crippen LogP contribution is 2.28. The topological polar surface area (TPSA) is 35.6 Å². The van der Waals surface area contributed by atoms with Gasteiger partial charge in [-0.15, -0.1) is 0 Å². The minimum atomic E-state index is 0.169. The van der Waals surface area contributed by atoms with Crippen molar-refractivity contribution in [2.75, 3.05) is 42.9 Å². The molecule has 0 aromatic heterocycles. The molecular weight excluding hydrogens is 322 g/mol. The van der Waals surface area contributed by atoms with Crippen molar-refractivity contribution >= 4 is 17.3 Å². The number of hydrogen-bond donors (Lipinski definition) is 1. The monoisotopic (exact) mass is 357 g/mol. The Morgan fingerprint density at radius 2 is 1.85 bits per heavy atom. The molecule has 144 valence electrons. The zero-order valence-corrected chi connectivity index (χ0v) is 16.6. The van der Waals surface area contributed by atoms with Crippen molar-refractivity contribution < 1.29 is 4.79 Å². The normalized spacial score (nSPS) is 19.5. The van der Waals surface area contributed by atoms with Crippen molar-refractivity contribution in [3.63, 3.8) is 0 Å². The second-order valence-electron chi connectivity index (χ2n) is 8.01. The smallest absolute Gasteiger partial charge is 0.224 e. The number of amides is 1. The number of anilines is 2. The van der Waals surface area contributed by atoms with Crippen LogP contribution in [-0.2, 0) is 4.79 Å². The van der Waals surface area contributed by atoms with Crippen molar-refractivity contribution in [1.29, 1.82) is 0 Å². The second kappa shape index (κ2) is 9.40. The van der Waals surface area contributed by atoms with Gasteiger partial charge in [-0.25, -0.2) is 0 Å². The van der Waals surface area contributed by atoms with Crippen LogP contribution in [0.2, 0.25) is 0 Å². The van der Waals surface area contributed by atoms with Crippen molar-refractivity contribution in [2.24, 2.45) is 5.92 Å². The number of benzene rings is 1. The molecule has 4 nitrogen and oxygen atoms in total. The summed E-state index contributed by atoms with van der Waals surface area (Å²) in [5, 5.41) is 3.13. The number of likely N-dealkylation sites (N-methyl/N-ethyl adjacent to an activating group) is 1. The summed E-state index contributed by atoms with van der Waals surface area (Å²) < 4.78 is 0. The molecule has 1 N–H and O–H groups in total. The van der Waals surface area contributed by atoms with Crippen LogP contribution in [0, 0.1) is 12.8 Å². The first-order valence-corrected chi connectivity index (χ1v) is 10.5. The van der Waals surface area contributed by atoms with Gasteiger partial charge < -0.3 is 15.1 Å². The van der Waals surface area contributed by atoms with Gasteiger partial charge >= 0.3 is 0 Å². The van der Waals surface area contributed by atoms with Gasteiger partial charge in [0.2, 0.25) is 5.91 Å². The number of nitrogens with one attached hydrogen (secondary N) is 1. The molecule has 1 aliphatic heterocycles.